The molecule has 1 heterocycles. The minimum atomic E-state index is -0.00429. The SMILES string of the molecule is Cc1ccccc1C1(CN=C(N)Nc2cccc(C(C)C)c2)CCOCC1. The van der Waals surface area contributed by atoms with Crippen molar-refractivity contribution in [2.24, 2.45) is 10.7 Å². The summed E-state index contributed by atoms with van der Waals surface area (Å²) in [5.41, 5.74) is 11.2. The third-order valence-electron chi connectivity index (χ3n) is 5.54. The molecule has 2 aromatic rings. The van der Waals surface area contributed by atoms with Crippen LogP contribution in [0.25, 0.3) is 0 Å². The normalized spacial score (nSPS) is 17.1. The van der Waals surface area contributed by atoms with E-state index in [1.54, 1.807) is 0 Å². The lowest BCUT2D eigenvalue weighted by Crippen LogP contribution is -2.38. The third kappa shape index (κ3) is 4.69. The molecule has 1 aliphatic rings. The fourth-order valence-corrected chi connectivity index (χ4v) is 3.84. The Balaban J connectivity index is 1.78. The van der Waals surface area contributed by atoms with Gasteiger partial charge in [-0.25, -0.2) is 0 Å². The van der Waals surface area contributed by atoms with Crippen LogP contribution in [0.2, 0.25) is 0 Å². The first kappa shape index (κ1) is 19.4. The molecule has 0 amide bonds. The molecule has 3 N–H and O–H groups in total. The van der Waals surface area contributed by atoms with Crippen LogP contribution in [0.1, 0.15) is 49.3 Å². The van der Waals surface area contributed by atoms with Gasteiger partial charge < -0.3 is 15.8 Å². The lowest BCUT2D eigenvalue weighted by atomic mass is 9.72. The Labute approximate surface area is 162 Å². The van der Waals surface area contributed by atoms with Crippen LogP contribution < -0.4 is 11.1 Å². The van der Waals surface area contributed by atoms with Crippen LogP contribution in [0.3, 0.4) is 0 Å². The maximum absolute atomic E-state index is 6.23. The van der Waals surface area contributed by atoms with E-state index in [1.807, 2.05) is 6.07 Å². The van der Waals surface area contributed by atoms with Gasteiger partial charge >= 0.3 is 0 Å². The number of rotatable bonds is 5. The zero-order valence-electron chi connectivity index (χ0n) is 16.7. The van der Waals surface area contributed by atoms with Gasteiger partial charge in [-0.05, 0) is 54.5 Å². The molecule has 27 heavy (non-hydrogen) atoms. The lowest BCUT2D eigenvalue weighted by Gasteiger charge is -2.37. The lowest BCUT2D eigenvalue weighted by molar-refractivity contribution is 0.0529. The molecular formula is C23H31N3O. The second-order valence-corrected chi connectivity index (χ2v) is 7.81. The van der Waals surface area contributed by atoms with Gasteiger partial charge in [-0.2, -0.15) is 0 Å². The number of benzene rings is 2. The Morgan fingerprint density at radius 2 is 1.89 bits per heavy atom. The molecule has 144 valence electrons. The monoisotopic (exact) mass is 365 g/mol. The first-order chi connectivity index (χ1) is 13.0. The Hall–Kier alpha value is -2.33. The zero-order valence-corrected chi connectivity index (χ0v) is 16.7. The van der Waals surface area contributed by atoms with E-state index in [2.05, 4.69) is 68.6 Å². The molecule has 0 atom stereocenters. The molecule has 1 saturated heterocycles. The van der Waals surface area contributed by atoms with Crippen LogP contribution in [-0.4, -0.2) is 25.7 Å². The van der Waals surface area contributed by atoms with Crippen LogP contribution in [0.4, 0.5) is 5.69 Å². The van der Waals surface area contributed by atoms with Crippen molar-refractivity contribution >= 4 is 11.6 Å². The van der Waals surface area contributed by atoms with Crippen molar-refractivity contribution in [3.8, 4) is 0 Å². The van der Waals surface area contributed by atoms with Gasteiger partial charge in [0.25, 0.3) is 0 Å². The summed E-state index contributed by atoms with van der Waals surface area (Å²) in [6.45, 7) is 8.77. The first-order valence-corrected chi connectivity index (χ1v) is 9.81. The van der Waals surface area contributed by atoms with Crippen LogP contribution in [0, 0.1) is 6.92 Å². The van der Waals surface area contributed by atoms with Gasteiger partial charge in [0.1, 0.15) is 0 Å². The smallest absolute Gasteiger partial charge is 0.193 e. The summed E-state index contributed by atoms with van der Waals surface area (Å²) >= 11 is 0. The van der Waals surface area contributed by atoms with Crippen molar-refractivity contribution in [3.63, 3.8) is 0 Å². The number of anilines is 1. The molecule has 0 bridgehead atoms. The average Bonchev–Trinajstić information content (AvgIpc) is 2.68. The van der Waals surface area contributed by atoms with Gasteiger partial charge in [0.15, 0.2) is 5.96 Å². The summed E-state index contributed by atoms with van der Waals surface area (Å²) in [5, 5.41) is 3.26. The van der Waals surface area contributed by atoms with Crippen molar-refractivity contribution < 1.29 is 4.74 Å². The Morgan fingerprint density at radius 3 is 2.59 bits per heavy atom. The number of guanidine groups is 1. The van der Waals surface area contributed by atoms with E-state index in [0.717, 1.165) is 31.7 Å². The topological polar surface area (TPSA) is 59.6 Å². The second-order valence-electron chi connectivity index (χ2n) is 7.81. The maximum Gasteiger partial charge on any atom is 0.193 e. The Kier molecular flexibility index (Phi) is 6.17. The van der Waals surface area contributed by atoms with Crippen LogP contribution in [0.15, 0.2) is 53.5 Å². The second kappa shape index (κ2) is 8.57. The molecule has 2 aromatic carbocycles. The van der Waals surface area contributed by atoms with Crippen molar-refractivity contribution in [1.29, 1.82) is 0 Å². The van der Waals surface area contributed by atoms with Gasteiger partial charge in [0, 0.05) is 24.3 Å². The quantitative estimate of drug-likeness (QED) is 0.602. The number of aryl methyl sites for hydroxylation is 1. The molecule has 0 aromatic heterocycles. The fraction of sp³-hybridized carbons (Fsp3) is 0.435. The molecule has 0 radical (unpaired) electrons. The van der Waals surface area contributed by atoms with Gasteiger partial charge in [-0.1, -0.05) is 50.2 Å². The van der Waals surface area contributed by atoms with E-state index >= 15 is 0 Å². The number of hydrogen-bond acceptors (Lipinski definition) is 2. The molecule has 3 rings (SSSR count). The van der Waals surface area contributed by atoms with E-state index in [0.29, 0.717) is 18.4 Å². The molecule has 0 saturated carbocycles. The predicted molar refractivity (Wildman–Crippen MR) is 114 cm³/mol. The molecule has 0 aliphatic carbocycles. The summed E-state index contributed by atoms with van der Waals surface area (Å²) in [4.78, 5) is 4.74. The van der Waals surface area contributed by atoms with Crippen LogP contribution >= 0.6 is 0 Å². The third-order valence-corrected chi connectivity index (χ3v) is 5.54. The van der Waals surface area contributed by atoms with Crippen molar-refractivity contribution in [3.05, 3.63) is 65.2 Å². The molecule has 0 spiro atoms. The zero-order chi connectivity index (χ0) is 19.3. The van der Waals surface area contributed by atoms with E-state index in [9.17, 15) is 0 Å². The number of nitrogens with zero attached hydrogens (tertiary/aromatic N) is 1. The summed E-state index contributed by atoms with van der Waals surface area (Å²) in [5.74, 6) is 0.951. The highest BCUT2D eigenvalue weighted by atomic mass is 16.5. The summed E-state index contributed by atoms with van der Waals surface area (Å²) in [6, 6.07) is 17.0. The number of ether oxygens (including phenoxy) is 1. The van der Waals surface area contributed by atoms with Crippen LogP contribution in [-0.2, 0) is 10.2 Å². The standard InChI is InChI=1S/C23H31N3O/c1-17(2)19-8-6-9-20(15-19)26-22(24)25-16-23(11-13-27-14-12-23)21-10-5-4-7-18(21)3/h4-10,15,17H,11-14,16H2,1-3H3,(H3,24,25,26). The maximum atomic E-state index is 6.23. The molecule has 1 aliphatic heterocycles. The van der Waals surface area contributed by atoms with Gasteiger partial charge in [0.2, 0.25) is 0 Å². The highest BCUT2D eigenvalue weighted by molar-refractivity contribution is 5.92. The number of hydrogen-bond donors (Lipinski definition) is 2. The minimum absolute atomic E-state index is 0.00429. The first-order valence-electron chi connectivity index (χ1n) is 9.81. The molecule has 1 fully saturated rings. The number of nitrogens with two attached hydrogens (primary N) is 1. The number of nitrogens with one attached hydrogen (secondary N) is 1. The molecule has 0 unspecified atom stereocenters. The predicted octanol–water partition coefficient (Wildman–Crippen LogP) is 4.59. The molecule has 4 nitrogen and oxygen atoms in total. The van der Waals surface area contributed by atoms with E-state index < -0.39 is 0 Å². The summed E-state index contributed by atoms with van der Waals surface area (Å²) < 4.78 is 5.63. The number of aliphatic imine (C=N–C) groups is 1. The highest BCUT2D eigenvalue weighted by Gasteiger charge is 2.35. The minimum Gasteiger partial charge on any atom is -0.381 e. The summed E-state index contributed by atoms with van der Waals surface area (Å²) in [6.07, 6.45) is 1.94. The van der Waals surface area contributed by atoms with Gasteiger partial charge in [-0.15, -0.1) is 0 Å². The van der Waals surface area contributed by atoms with E-state index in [4.69, 9.17) is 15.5 Å². The molecular weight excluding hydrogens is 334 g/mol. The van der Waals surface area contributed by atoms with Crippen LogP contribution in [0.5, 0.6) is 0 Å². The summed E-state index contributed by atoms with van der Waals surface area (Å²) in [7, 11) is 0. The van der Waals surface area contributed by atoms with Crippen molar-refractivity contribution in [2.75, 3.05) is 25.1 Å². The largest absolute Gasteiger partial charge is 0.381 e. The average molecular weight is 366 g/mol. The fourth-order valence-electron chi connectivity index (χ4n) is 3.84. The van der Waals surface area contributed by atoms with E-state index in [1.165, 1.54) is 16.7 Å². The van der Waals surface area contributed by atoms with Crippen molar-refractivity contribution in [2.45, 2.75) is 44.9 Å². The Morgan fingerprint density at radius 1 is 1.15 bits per heavy atom. The van der Waals surface area contributed by atoms with Crippen molar-refractivity contribution in [1.82, 2.24) is 0 Å². The van der Waals surface area contributed by atoms with Gasteiger partial charge in [0.05, 0.1) is 6.54 Å². The highest BCUT2D eigenvalue weighted by Crippen LogP contribution is 2.37. The van der Waals surface area contributed by atoms with E-state index in [-0.39, 0.29) is 5.41 Å². The Bertz CT molecular complexity index is 792. The van der Waals surface area contributed by atoms with Gasteiger partial charge in [-0.3, -0.25) is 4.99 Å². The molecule has 4 heteroatoms.